The van der Waals surface area contributed by atoms with Gasteiger partial charge in [0.15, 0.2) is 0 Å². The van der Waals surface area contributed by atoms with Gasteiger partial charge in [0, 0.05) is 31.5 Å². The van der Waals surface area contributed by atoms with E-state index in [1.165, 1.54) is 0 Å². The summed E-state index contributed by atoms with van der Waals surface area (Å²) in [5.74, 6) is 1.58. The van der Waals surface area contributed by atoms with E-state index in [1.807, 2.05) is 43.3 Å². The minimum atomic E-state index is -0.0204. The molecule has 1 heterocycles. The van der Waals surface area contributed by atoms with Crippen LogP contribution in [0.2, 0.25) is 0 Å². The number of carbonyl (C=O) groups is 1. The number of nitrogens with one attached hydrogen (secondary N) is 1. The van der Waals surface area contributed by atoms with Crippen molar-refractivity contribution in [2.24, 2.45) is 0 Å². The van der Waals surface area contributed by atoms with Gasteiger partial charge in [-0.2, -0.15) is 0 Å². The van der Waals surface area contributed by atoms with Crippen molar-refractivity contribution in [3.8, 4) is 17.2 Å². The summed E-state index contributed by atoms with van der Waals surface area (Å²) >= 11 is 0. The Kier molecular flexibility index (Phi) is 6.10. The average Bonchev–Trinajstić information content (AvgIpc) is 3.01. The molecule has 1 aromatic carbocycles. The van der Waals surface area contributed by atoms with Crippen molar-refractivity contribution >= 4 is 5.91 Å². The summed E-state index contributed by atoms with van der Waals surface area (Å²) in [4.78, 5) is 13.7. The minimum absolute atomic E-state index is 0.0204. The number of aromatic nitrogens is 2. The first-order valence-corrected chi connectivity index (χ1v) is 7.46. The van der Waals surface area contributed by atoms with E-state index in [0.717, 1.165) is 17.9 Å². The van der Waals surface area contributed by atoms with Crippen LogP contribution in [-0.4, -0.2) is 55.3 Å². The maximum atomic E-state index is 11.7. The largest absolute Gasteiger partial charge is 0.497 e. The van der Waals surface area contributed by atoms with Crippen LogP contribution in [-0.2, 0) is 11.2 Å². The Morgan fingerprint density at radius 1 is 1.35 bits per heavy atom. The molecular formula is C16H22N4O3. The minimum Gasteiger partial charge on any atom is -0.497 e. The van der Waals surface area contributed by atoms with Crippen molar-refractivity contribution in [3.05, 3.63) is 30.2 Å². The second-order valence-corrected chi connectivity index (χ2v) is 5.39. The molecule has 23 heavy (non-hydrogen) atoms. The Balaban J connectivity index is 1.86. The molecule has 0 spiro atoms. The van der Waals surface area contributed by atoms with Crippen LogP contribution in [0.15, 0.2) is 28.7 Å². The van der Waals surface area contributed by atoms with Gasteiger partial charge in [-0.05, 0) is 32.3 Å². The van der Waals surface area contributed by atoms with Gasteiger partial charge in [0.2, 0.25) is 17.7 Å². The SMILES string of the molecule is COc1cccc(-c2nnc(CCC(=O)NCCN(C)C)o2)c1. The quantitative estimate of drug-likeness (QED) is 0.791. The van der Waals surface area contributed by atoms with Gasteiger partial charge in [0.05, 0.1) is 7.11 Å². The monoisotopic (exact) mass is 318 g/mol. The Morgan fingerprint density at radius 3 is 2.91 bits per heavy atom. The summed E-state index contributed by atoms with van der Waals surface area (Å²) in [7, 11) is 5.53. The lowest BCUT2D eigenvalue weighted by Crippen LogP contribution is -2.31. The Morgan fingerprint density at radius 2 is 2.17 bits per heavy atom. The van der Waals surface area contributed by atoms with Crippen molar-refractivity contribution in [1.29, 1.82) is 0 Å². The van der Waals surface area contributed by atoms with E-state index in [9.17, 15) is 4.79 Å². The van der Waals surface area contributed by atoms with Gasteiger partial charge in [-0.15, -0.1) is 10.2 Å². The van der Waals surface area contributed by atoms with Crippen LogP contribution in [0.3, 0.4) is 0 Å². The molecule has 0 unspecified atom stereocenters. The summed E-state index contributed by atoms with van der Waals surface area (Å²) in [6.07, 6.45) is 0.748. The van der Waals surface area contributed by atoms with Crippen molar-refractivity contribution in [3.63, 3.8) is 0 Å². The number of nitrogens with zero attached hydrogens (tertiary/aromatic N) is 3. The highest BCUT2D eigenvalue weighted by atomic mass is 16.5. The van der Waals surface area contributed by atoms with E-state index < -0.39 is 0 Å². The van der Waals surface area contributed by atoms with Crippen molar-refractivity contribution in [1.82, 2.24) is 20.4 Å². The molecule has 124 valence electrons. The van der Waals surface area contributed by atoms with E-state index in [1.54, 1.807) is 7.11 Å². The standard InChI is InChI=1S/C16H22N4O3/c1-20(2)10-9-17-14(21)7-8-15-18-19-16(23-15)12-5-4-6-13(11-12)22-3/h4-6,11H,7-10H2,1-3H3,(H,17,21). The van der Waals surface area contributed by atoms with Crippen molar-refractivity contribution < 1.29 is 13.9 Å². The summed E-state index contributed by atoms with van der Waals surface area (Å²) in [5, 5.41) is 10.8. The van der Waals surface area contributed by atoms with Gasteiger partial charge in [-0.1, -0.05) is 6.07 Å². The zero-order valence-corrected chi connectivity index (χ0v) is 13.7. The third-order valence-electron chi connectivity index (χ3n) is 3.23. The molecule has 0 aliphatic carbocycles. The molecule has 0 aliphatic rings. The number of likely N-dealkylation sites (N-methyl/N-ethyl adjacent to an activating group) is 1. The van der Waals surface area contributed by atoms with Crippen LogP contribution in [0.5, 0.6) is 5.75 Å². The molecule has 0 aliphatic heterocycles. The summed E-state index contributed by atoms with van der Waals surface area (Å²) in [6.45, 7) is 1.44. The molecule has 1 amide bonds. The molecule has 0 radical (unpaired) electrons. The van der Waals surface area contributed by atoms with Gasteiger partial charge in [0.1, 0.15) is 5.75 Å². The Bertz CT molecular complexity index is 640. The predicted octanol–water partition coefficient (Wildman–Crippen LogP) is 1.36. The van der Waals surface area contributed by atoms with Crippen molar-refractivity contribution in [2.45, 2.75) is 12.8 Å². The highest BCUT2D eigenvalue weighted by Gasteiger charge is 2.11. The lowest BCUT2D eigenvalue weighted by atomic mass is 10.2. The number of aryl methyl sites for hydroxylation is 1. The Hall–Kier alpha value is -2.41. The predicted molar refractivity (Wildman–Crippen MR) is 86.2 cm³/mol. The number of rotatable bonds is 8. The third kappa shape index (κ3) is 5.37. The average molecular weight is 318 g/mol. The van der Waals surface area contributed by atoms with Crippen LogP contribution < -0.4 is 10.1 Å². The first-order valence-electron chi connectivity index (χ1n) is 7.46. The molecule has 0 fully saturated rings. The van der Waals surface area contributed by atoms with Crippen LogP contribution in [0.1, 0.15) is 12.3 Å². The fourth-order valence-electron chi connectivity index (χ4n) is 1.96. The number of hydrogen-bond acceptors (Lipinski definition) is 6. The van der Waals surface area contributed by atoms with E-state index in [0.29, 0.717) is 31.2 Å². The van der Waals surface area contributed by atoms with Crippen LogP contribution >= 0.6 is 0 Å². The molecule has 2 aromatic rings. The highest BCUT2D eigenvalue weighted by Crippen LogP contribution is 2.22. The van der Waals surface area contributed by atoms with Gasteiger partial charge in [-0.3, -0.25) is 4.79 Å². The topological polar surface area (TPSA) is 80.5 Å². The Labute approximate surface area is 135 Å². The zero-order valence-electron chi connectivity index (χ0n) is 13.7. The summed E-state index contributed by atoms with van der Waals surface area (Å²) < 4.78 is 10.8. The second-order valence-electron chi connectivity index (χ2n) is 5.39. The summed E-state index contributed by atoms with van der Waals surface area (Å²) in [5.41, 5.74) is 0.790. The van der Waals surface area contributed by atoms with Gasteiger partial charge in [0.25, 0.3) is 0 Å². The van der Waals surface area contributed by atoms with Gasteiger partial charge in [-0.25, -0.2) is 0 Å². The summed E-state index contributed by atoms with van der Waals surface area (Å²) in [6, 6.07) is 7.40. The number of ether oxygens (including phenoxy) is 1. The molecular weight excluding hydrogens is 296 g/mol. The van der Waals surface area contributed by atoms with Gasteiger partial charge >= 0.3 is 0 Å². The van der Waals surface area contributed by atoms with E-state index in [2.05, 4.69) is 15.5 Å². The van der Waals surface area contributed by atoms with Crippen LogP contribution in [0, 0.1) is 0 Å². The normalized spacial score (nSPS) is 10.8. The smallest absolute Gasteiger partial charge is 0.247 e. The first kappa shape index (κ1) is 17.0. The first-order chi connectivity index (χ1) is 11.1. The molecule has 0 saturated heterocycles. The molecule has 1 N–H and O–H groups in total. The van der Waals surface area contributed by atoms with E-state index in [4.69, 9.17) is 9.15 Å². The van der Waals surface area contributed by atoms with E-state index >= 15 is 0 Å². The van der Waals surface area contributed by atoms with Crippen LogP contribution in [0.4, 0.5) is 0 Å². The van der Waals surface area contributed by atoms with Gasteiger partial charge < -0.3 is 19.4 Å². The molecule has 0 atom stereocenters. The lowest BCUT2D eigenvalue weighted by Gasteiger charge is -2.09. The number of hydrogen-bond donors (Lipinski definition) is 1. The second kappa shape index (κ2) is 8.28. The fourth-order valence-corrected chi connectivity index (χ4v) is 1.96. The molecule has 0 saturated carbocycles. The maximum Gasteiger partial charge on any atom is 0.247 e. The van der Waals surface area contributed by atoms with Crippen molar-refractivity contribution in [2.75, 3.05) is 34.3 Å². The highest BCUT2D eigenvalue weighted by molar-refractivity contribution is 5.76. The maximum absolute atomic E-state index is 11.7. The zero-order chi connectivity index (χ0) is 16.7. The molecule has 7 nitrogen and oxygen atoms in total. The number of benzene rings is 1. The lowest BCUT2D eigenvalue weighted by molar-refractivity contribution is -0.121. The number of methoxy groups -OCH3 is 1. The van der Waals surface area contributed by atoms with E-state index in [-0.39, 0.29) is 5.91 Å². The van der Waals surface area contributed by atoms with Crippen LogP contribution in [0.25, 0.3) is 11.5 Å². The molecule has 0 bridgehead atoms. The molecule has 1 aromatic heterocycles. The number of carbonyl (C=O) groups excluding carboxylic acids is 1. The fraction of sp³-hybridized carbons (Fsp3) is 0.438. The number of amides is 1. The molecule has 2 rings (SSSR count). The third-order valence-corrected chi connectivity index (χ3v) is 3.23. The molecule has 7 heteroatoms.